The first kappa shape index (κ1) is 17.4. The normalized spacial score (nSPS) is 10.3. The van der Waals surface area contributed by atoms with Crippen molar-refractivity contribution in [2.75, 3.05) is 6.61 Å². The maximum absolute atomic E-state index is 12.6. The standard InChI is InChI=1S/C20H18N2O4/c1-2-25-20(24)17-13-22(12-15-8-10-21-11-9-15)14-18(19(17)23)26-16-6-4-3-5-7-16/h3-11,13-14H,2,12H2,1H3. The smallest absolute Gasteiger partial charge is 0.343 e. The second kappa shape index (κ2) is 8.11. The molecule has 0 fully saturated rings. The Balaban J connectivity index is 2.01. The fourth-order valence-corrected chi connectivity index (χ4v) is 2.44. The molecule has 3 aromatic rings. The van der Waals surface area contributed by atoms with Gasteiger partial charge in [-0.2, -0.15) is 0 Å². The van der Waals surface area contributed by atoms with Crippen LogP contribution in [0.5, 0.6) is 11.5 Å². The van der Waals surface area contributed by atoms with Gasteiger partial charge in [-0.3, -0.25) is 9.78 Å². The van der Waals surface area contributed by atoms with Gasteiger partial charge in [0.15, 0.2) is 5.75 Å². The number of carbonyl (C=O) groups is 1. The summed E-state index contributed by atoms with van der Waals surface area (Å²) in [5.74, 6) is -0.0867. The van der Waals surface area contributed by atoms with Gasteiger partial charge in [0.25, 0.3) is 0 Å². The first-order valence-electron chi connectivity index (χ1n) is 8.20. The van der Waals surface area contributed by atoms with E-state index >= 15 is 0 Å². The van der Waals surface area contributed by atoms with Gasteiger partial charge < -0.3 is 14.0 Å². The average molecular weight is 350 g/mol. The Kier molecular flexibility index (Phi) is 5.43. The van der Waals surface area contributed by atoms with Gasteiger partial charge in [0.1, 0.15) is 11.3 Å². The summed E-state index contributed by atoms with van der Waals surface area (Å²) in [7, 11) is 0. The van der Waals surface area contributed by atoms with Crippen LogP contribution in [0.1, 0.15) is 22.8 Å². The number of carbonyl (C=O) groups excluding carboxylic acids is 1. The summed E-state index contributed by atoms with van der Waals surface area (Å²) in [6.45, 7) is 2.34. The van der Waals surface area contributed by atoms with Crippen molar-refractivity contribution in [2.24, 2.45) is 0 Å². The largest absolute Gasteiger partial charge is 0.462 e. The van der Waals surface area contributed by atoms with Crippen molar-refractivity contribution in [3.63, 3.8) is 0 Å². The number of ether oxygens (including phenoxy) is 2. The Labute approximate surface area is 150 Å². The molecule has 1 aromatic carbocycles. The molecule has 3 rings (SSSR count). The predicted octanol–water partition coefficient (Wildman–Crippen LogP) is 3.26. The molecule has 26 heavy (non-hydrogen) atoms. The van der Waals surface area contributed by atoms with Gasteiger partial charge in [-0.05, 0) is 36.8 Å². The third kappa shape index (κ3) is 4.16. The number of aromatic nitrogens is 2. The molecule has 2 heterocycles. The minimum absolute atomic E-state index is 0.0608. The molecule has 0 aliphatic heterocycles. The van der Waals surface area contributed by atoms with Crippen molar-refractivity contribution >= 4 is 5.97 Å². The zero-order chi connectivity index (χ0) is 18.4. The summed E-state index contributed by atoms with van der Waals surface area (Å²) in [4.78, 5) is 28.8. The maximum atomic E-state index is 12.6. The van der Waals surface area contributed by atoms with Crippen LogP contribution in [-0.4, -0.2) is 22.1 Å². The molecule has 0 unspecified atom stereocenters. The number of hydrogen-bond donors (Lipinski definition) is 0. The lowest BCUT2D eigenvalue weighted by Crippen LogP contribution is -2.21. The Morgan fingerprint density at radius 1 is 1.08 bits per heavy atom. The van der Waals surface area contributed by atoms with Crippen LogP contribution in [0.2, 0.25) is 0 Å². The van der Waals surface area contributed by atoms with E-state index in [1.807, 2.05) is 18.2 Å². The highest BCUT2D eigenvalue weighted by Crippen LogP contribution is 2.18. The molecule has 0 saturated carbocycles. The Hall–Kier alpha value is -3.41. The molecule has 0 N–H and O–H groups in total. The van der Waals surface area contributed by atoms with Crippen LogP contribution in [0.4, 0.5) is 0 Å². The van der Waals surface area contributed by atoms with Crippen LogP contribution in [0.15, 0.2) is 72.0 Å². The van der Waals surface area contributed by atoms with Crippen LogP contribution in [-0.2, 0) is 11.3 Å². The van der Waals surface area contributed by atoms with E-state index in [-0.39, 0.29) is 17.9 Å². The minimum Gasteiger partial charge on any atom is -0.462 e. The number of hydrogen-bond acceptors (Lipinski definition) is 5. The van der Waals surface area contributed by atoms with Crippen LogP contribution in [0.25, 0.3) is 0 Å². The third-order valence-electron chi connectivity index (χ3n) is 3.63. The first-order chi connectivity index (χ1) is 12.7. The van der Waals surface area contributed by atoms with E-state index in [9.17, 15) is 9.59 Å². The van der Waals surface area contributed by atoms with Crippen LogP contribution in [0, 0.1) is 0 Å². The highest BCUT2D eigenvalue weighted by atomic mass is 16.5. The number of nitrogens with zero attached hydrogens (tertiary/aromatic N) is 2. The van der Waals surface area contributed by atoms with Gasteiger partial charge in [-0.25, -0.2) is 4.79 Å². The quantitative estimate of drug-likeness (QED) is 0.638. The molecule has 0 aliphatic carbocycles. The van der Waals surface area contributed by atoms with Crippen LogP contribution < -0.4 is 10.2 Å². The van der Waals surface area contributed by atoms with E-state index in [0.29, 0.717) is 12.3 Å². The zero-order valence-corrected chi connectivity index (χ0v) is 14.3. The zero-order valence-electron chi connectivity index (χ0n) is 14.3. The van der Waals surface area contributed by atoms with Gasteiger partial charge >= 0.3 is 5.97 Å². The summed E-state index contributed by atoms with van der Waals surface area (Å²) < 4.78 is 12.4. The minimum atomic E-state index is -0.667. The number of benzene rings is 1. The van der Waals surface area contributed by atoms with Crippen LogP contribution >= 0.6 is 0 Å². The number of rotatable bonds is 6. The molecule has 0 atom stereocenters. The molecular formula is C20H18N2O4. The highest BCUT2D eigenvalue weighted by Gasteiger charge is 2.17. The van der Waals surface area contributed by atoms with Crippen LogP contribution in [0.3, 0.4) is 0 Å². The number of pyridine rings is 2. The fourth-order valence-electron chi connectivity index (χ4n) is 2.44. The lowest BCUT2D eigenvalue weighted by molar-refractivity contribution is 0.0523. The van der Waals surface area contributed by atoms with E-state index in [1.54, 1.807) is 54.3 Å². The molecule has 6 nitrogen and oxygen atoms in total. The number of esters is 1. The molecule has 6 heteroatoms. The second-order valence-corrected chi connectivity index (χ2v) is 5.53. The third-order valence-corrected chi connectivity index (χ3v) is 3.63. The molecule has 132 valence electrons. The van der Waals surface area contributed by atoms with Crippen molar-refractivity contribution in [1.29, 1.82) is 0 Å². The summed E-state index contributed by atoms with van der Waals surface area (Å²) in [5.41, 5.74) is 0.414. The summed E-state index contributed by atoms with van der Waals surface area (Å²) in [6.07, 6.45) is 6.44. The van der Waals surface area contributed by atoms with Gasteiger partial charge in [0.05, 0.1) is 12.8 Å². The Bertz CT molecular complexity index is 937. The van der Waals surface area contributed by atoms with Gasteiger partial charge in [-0.15, -0.1) is 0 Å². The average Bonchev–Trinajstić information content (AvgIpc) is 2.66. The van der Waals surface area contributed by atoms with E-state index in [0.717, 1.165) is 5.56 Å². The monoisotopic (exact) mass is 350 g/mol. The molecule has 2 aromatic heterocycles. The molecule has 0 spiro atoms. The van der Waals surface area contributed by atoms with Crippen molar-refractivity contribution in [3.05, 3.63) is 88.6 Å². The lowest BCUT2D eigenvalue weighted by Gasteiger charge is -2.12. The van der Waals surface area contributed by atoms with Crippen molar-refractivity contribution in [1.82, 2.24) is 9.55 Å². The van der Waals surface area contributed by atoms with E-state index in [2.05, 4.69) is 4.98 Å². The van der Waals surface area contributed by atoms with Crippen molar-refractivity contribution in [2.45, 2.75) is 13.5 Å². The topological polar surface area (TPSA) is 70.4 Å². The predicted molar refractivity (Wildman–Crippen MR) is 96.5 cm³/mol. The molecular weight excluding hydrogens is 332 g/mol. The molecule has 0 bridgehead atoms. The van der Waals surface area contributed by atoms with Gasteiger partial charge in [-0.1, -0.05) is 18.2 Å². The maximum Gasteiger partial charge on any atom is 0.343 e. The molecule has 0 radical (unpaired) electrons. The van der Waals surface area contributed by atoms with Gasteiger partial charge in [0.2, 0.25) is 5.43 Å². The number of para-hydroxylation sites is 1. The first-order valence-corrected chi connectivity index (χ1v) is 8.20. The molecule has 0 aliphatic rings. The fraction of sp³-hybridized carbons (Fsp3) is 0.150. The Morgan fingerprint density at radius 3 is 2.50 bits per heavy atom. The molecule has 0 amide bonds. The van der Waals surface area contributed by atoms with Gasteiger partial charge in [0, 0.05) is 25.1 Å². The summed E-state index contributed by atoms with van der Waals surface area (Å²) in [5, 5.41) is 0. The highest BCUT2D eigenvalue weighted by molar-refractivity contribution is 5.89. The molecule has 0 saturated heterocycles. The Morgan fingerprint density at radius 2 is 1.81 bits per heavy atom. The van der Waals surface area contributed by atoms with Crippen molar-refractivity contribution in [3.8, 4) is 11.5 Å². The van der Waals surface area contributed by atoms with E-state index < -0.39 is 11.4 Å². The lowest BCUT2D eigenvalue weighted by atomic mass is 10.2. The van der Waals surface area contributed by atoms with E-state index in [4.69, 9.17) is 9.47 Å². The second-order valence-electron chi connectivity index (χ2n) is 5.53. The van der Waals surface area contributed by atoms with Crippen molar-refractivity contribution < 1.29 is 14.3 Å². The van der Waals surface area contributed by atoms with E-state index in [1.165, 1.54) is 6.20 Å². The summed E-state index contributed by atoms with van der Waals surface area (Å²) in [6, 6.07) is 12.7. The SMILES string of the molecule is CCOC(=O)c1cn(Cc2ccncc2)cc(Oc2ccccc2)c1=O. The summed E-state index contributed by atoms with van der Waals surface area (Å²) >= 11 is 0.